The third-order valence-corrected chi connectivity index (χ3v) is 6.96. The van der Waals surface area contributed by atoms with E-state index >= 15 is 0 Å². The lowest BCUT2D eigenvalue weighted by Crippen LogP contribution is -2.47. The number of carbonyl (C=O) groups is 2. The lowest BCUT2D eigenvalue weighted by Gasteiger charge is -2.29. The normalized spacial score (nSPS) is 12.2. The zero-order valence-electron chi connectivity index (χ0n) is 20.5. The van der Waals surface area contributed by atoms with Crippen LogP contribution < -0.4 is 9.62 Å². The van der Waals surface area contributed by atoms with E-state index in [1.807, 2.05) is 45.0 Å². The molecule has 1 unspecified atom stereocenters. The number of rotatable bonds is 11. The van der Waals surface area contributed by atoms with Gasteiger partial charge in [0.25, 0.3) is 0 Å². The van der Waals surface area contributed by atoms with Crippen molar-refractivity contribution in [1.82, 2.24) is 10.2 Å². The predicted molar refractivity (Wildman–Crippen MR) is 137 cm³/mol. The fourth-order valence-electron chi connectivity index (χ4n) is 3.71. The molecule has 186 valence electrons. The third kappa shape index (κ3) is 7.74. The Morgan fingerprint density at radius 1 is 1.12 bits per heavy atom. The van der Waals surface area contributed by atoms with Crippen molar-refractivity contribution in [1.29, 1.82) is 0 Å². The third-order valence-electron chi connectivity index (χ3n) is 5.55. The number of hydrogen-bond acceptors (Lipinski definition) is 4. The fourth-order valence-corrected chi connectivity index (χ4v) is 4.93. The van der Waals surface area contributed by atoms with E-state index in [4.69, 9.17) is 11.6 Å². The maximum absolute atomic E-state index is 13.2. The van der Waals surface area contributed by atoms with E-state index < -0.39 is 16.1 Å². The van der Waals surface area contributed by atoms with Crippen LogP contribution in [0.1, 0.15) is 43.4 Å². The minimum atomic E-state index is -3.54. The van der Waals surface area contributed by atoms with Crippen molar-refractivity contribution in [2.24, 2.45) is 0 Å². The molecule has 0 heterocycles. The summed E-state index contributed by atoms with van der Waals surface area (Å²) >= 11 is 6.10. The van der Waals surface area contributed by atoms with Gasteiger partial charge in [0.1, 0.15) is 6.04 Å². The highest BCUT2D eigenvalue weighted by atomic mass is 35.5. The second-order valence-electron chi connectivity index (χ2n) is 8.45. The molecule has 9 heteroatoms. The van der Waals surface area contributed by atoms with Gasteiger partial charge in [-0.15, -0.1) is 0 Å². The molecule has 0 spiro atoms. The molecule has 0 aliphatic carbocycles. The predicted octanol–water partition coefficient (Wildman–Crippen LogP) is 4.06. The topological polar surface area (TPSA) is 86.8 Å². The van der Waals surface area contributed by atoms with Gasteiger partial charge >= 0.3 is 0 Å². The molecule has 0 fully saturated rings. The Bertz CT molecular complexity index is 1120. The number of benzene rings is 2. The smallest absolute Gasteiger partial charge is 0.242 e. The van der Waals surface area contributed by atoms with Gasteiger partial charge in [0, 0.05) is 31.1 Å². The van der Waals surface area contributed by atoms with Gasteiger partial charge in [-0.05, 0) is 69.0 Å². The van der Waals surface area contributed by atoms with E-state index in [0.717, 1.165) is 16.7 Å². The lowest BCUT2D eigenvalue weighted by atomic mass is 10.1. The highest BCUT2D eigenvalue weighted by Gasteiger charge is 2.26. The summed E-state index contributed by atoms with van der Waals surface area (Å²) in [5.41, 5.74) is 3.22. The number of amides is 2. The molecule has 7 nitrogen and oxygen atoms in total. The van der Waals surface area contributed by atoms with E-state index in [2.05, 4.69) is 5.32 Å². The van der Waals surface area contributed by atoms with Crippen molar-refractivity contribution < 1.29 is 18.0 Å². The van der Waals surface area contributed by atoms with Crippen molar-refractivity contribution >= 4 is 39.1 Å². The standard InChI is InChI=1S/C25H34ClN3O4S/c1-6-27-25(31)20(4)28(17-21-9-7-10-22(26)16-21)24(30)11-8-14-29(34(5,32)33)23-15-18(2)12-13-19(23)3/h7,9-10,12-13,15-16,20H,6,8,11,14,17H2,1-5H3,(H,27,31). The summed E-state index contributed by atoms with van der Waals surface area (Å²) in [6, 6.07) is 12.1. The maximum Gasteiger partial charge on any atom is 0.242 e. The summed E-state index contributed by atoms with van der Waals surface area (Å²) in [6.45, 7) is 8.12. The van der Waals surface area contributed by atoms with Crippen LogP contribution in [-0.4, -0.2) is 50.5 Å². The maximum atomic E-state index is 13.2. The van der Waals surface area contributed by atoms with E-state index in [9.17, 15) is 18.0 Å². The van der Waals surface area contributed by atoms with Gasteiger partial charge in [0.05, 0.1) is 11.9 Å². The Balaban J connectivity index is 2.19. The molecule has 0 aliphatic heterocycles. The molecular formula is C25H34ClN3O4S. The first-order valence-electron chi connectivity index (χ1n) is 11.3. The van der Waals surface area contributed by atoms with Crippen LogP contribution in [0.3, 0.4) is 0 Å². The van der Waals surface area contributed by atoms with Crippen molar-refractivity contribution in [2.45, 2.75) is 53.1 Å². The van der Waals surface area contributed by atoms with Crippen molar-refractivity contribution in [3.63, 3.8) is 0 Å². The number of nitrogens with one attached hydrogen (secondary N) is 1. The average Bonchev–Trinajstić information content (AvgIpc) is 2.75. The largest absolute Gasteiger partial charge is 0.355 e. The van der Waals surface area contributed by atoms with Gasteiger partial charge < -0.3 is 10.2 Å². The molecule has 2 rings (SSSR count). The van der Waals surface area contributed by atoms with E-state index in [-0.39, 0.29) is 31.3 Å². The summed E-state index contributed by atoms with van der Waals surface area (Å²) < 4.78 is 26.4. The van der Waals surface area contributed by atoms with Crippen LogP contribution >= 0.6 is 11.6 Å². The second kappa shape index (κ2) is 12.2. The molecule has 2 aromatic rings. The van der Waals surface area contributed by atoms with Crippen LogP contribution in [-0.2, 0) is 26.2 Å². The quantitative estimate of drug-likeness (QED) is 0.497. The Hall–Kier alpha value is -2.58. The van der Waals surface area contributed by atoms with Crippen LogP contribution in [0.5, 0.6) is 0 Å². The number of hydrogen-bond donors (Lipinski definition) is 1. The zero-order chi connectivity index (χ0) is 25.5. The summed E-state index contributed by atoms with van der Waals surface area (Å²) in [5.74, 6) is -0.473. The Morgan fingerprint density at radius 2 is 1.82 bits per heavy atom. The monoisotopic (exact) mass is 507 g/mol. The lowest BCUT2D eigenvalue weighted by molar-refractivity contribution is -0.140. The molecule has 0 saturated carbocycles. The number of anilines is 1. The molecular weight excluding hydrogens is 474 g/mol. The van der Waals surface area contributed by atoms with Gasteiger partial charge in [-0.2, -0.15) is 0 Å². The summed E-state index contributed by atoms with van der Waals surface area (Å²) in [7, 11) is -3.54. The highest BCUT2D eigenvalue weighted by molar-refractivity contribution is 7.92. The van der Waals surface area contributed by atoms with Crippen LogP contribution in [0, 0.1) is 13.8 Å². The van der Waals surface area contributed by atoms with Crippen LogP contribution in [0.4, 0.5) is 5.69 Å². The molecule has 0 aromatic heterocycles. The minimum absolute atomic E-state index is 0.0984. The van der Waals surface area contributed by atoms with Crippen LogP contribution in [0.25, 0.3) is 0 Å². The number of nitrogens with zero attached hydrogens (tertiary/aromatic N) is 2. The molecule has 1 N–H and O–H groups in total. The number of likely N-dealkylation sites (N-methyl/N-ethyl adjacent to an activating group) is 1. The second-order valence-corrected chi connectivity index (χ2v) is 10.8. The Labute approximate surface area is 208 Å². The minimum Gasteiger partial charge on any atom is -0.355 e. The first kappa shape index (κ1) is 27.7. The number of sulfonamides is 1. The van der Waals surface area contributed by atoms with Crippen molar-refractivity contribution in [2.75, 3.05) is 23.7 Å². The summed E-state index contributed by atoms with van der Waals surface area (Å²) in [5, 5.41) is 3.31. The molecule has 0 bridgehead atoms. The molecule has 2 aromatic carbocycles. The number of aryl methyl sites for hydroxylation is 2. The molecule has 34 heavy (non-hydrogen) atoms. The van der Waals surface area contributed by atoms with E-state index in [1.54, 1.807) is 25.1 Å². The fraction of sp³-hybridized carbons (Fsp3) is 0.440. The molecule has 2 amide bonds. The molecule has 0 saturated heterocycles. The Kier molecular flexibility index (Phi) is 9.94. The average molecular weight is 508 g/mol. The Morgan fingerprint density at radius 3 is 2.44 bits per heavy atom. The van der Waals surface area contributed by atoms with Gasteiger partial charge in [0.2, 0.25) is 21.8 Å². The SMILES string of the molecule is CCNC(=O)C(C)N(Cc1cccc(Cl)c1)C(=O)CCCN(c1cc(C)ccc1C)S(C)(=O)=O. The summed E-state index contributed by atoms with van der Waals surface area (Å²) in [4.78, 5) is 27.2. The first-order valence-corrected chi connectivity index (χ1v) is 13.5. The van der Waals surface area contributed by atoms with Crippen molar-refractivity contribution in [3.8, 4) is 0 Å². The first-order chi connectivity index (χ1) is 15.9. The number of halogens is 1. The van der Waals surface area contributed by atoms with Crippen LogP contribution in [0.2, 0.25) is 5.02 Å². The summed E-state index contributed by atoms with van der Waals surface area (Å²) in [6.07, 6.45) is 1.58. The highest BCUT2D eigenvalue weighted by Crippen LogP contribution is 2.25. The van der Waals surface area contributed by atoms with Gasteiger partial charge in [-0.3, -0.25) is 13.9 Å². The van der Waals surface area contributed by atoms with Gasteiger partial charge in [-0.25, -0.2) is 8.42 Å². The zero-order valence-corrected chi connectivity index (χ0v) is 22.0. The van der Waals surface area contributed by atoms with Gasteiger partial charge in [0.15, 0.2) is 0 Å². The molecule has 1 atom stereocenters. The van der Waals surface area contributed by atoms with E-state index in [1.165, 1.54) is 15.5 Å². The molecule has 0 aliphatic rings. The number of carbonyl (C=O) groups excluding carboxylic acids is 2. The molecule has 0 radical (unpaired) electrons. The van der Waals surface area contributed by atoms with Crippen molar-refractivity contribution in [3.05, 3.63) is 64.2 Å². The van der Waals surface area contributed by atoms with Crippen LogP contribution in [0.15, 0.2) is 42.5 Å². The van der Waals surface area contributed by atoms with Gasteiger partial charge in [-0.1, -0.05) is 35.9 Å². The van der Waals surface area contributed by atoms with E-state index in [0.29, 0.717) is 23.7 Å².